The molecule has 1 rings (SSSR count). The number of Topliss-reactive ketones (excluding diaryl/α,β-unsaturated/α-hetero) is 1. The van der Waals surface area contributed by atoms with Crippen LogP contribution in [0.2, 0.25) is 0 Å². The van der Waals surface area contributed by atoms with Crippen molar-refractivity contribution in [2.75, 3.05) is 0 Å². The Bertz CT molecular complexity index is 423. The molecule has 0 amide bonds. The summed E-state index contributed by atoms with van der Waals surface area (Å²) in [6, 6.07) is 2.26. The maximum atomic E-state index is 13.7. The van der Waals surface area contributed by atoms with Crippen molar-refractivity contribution in [3.8, 4) is 0 Å². The Morgan fingerprint density at radius 3 is 2.32 bits per heavy atom. The highest BCUT2D eigenvalue weighted by molar-refractivity contribution is 9.10. The number of unbranched alkanes of at least 4 members (excludes halogenated alkanes) is 1. The molecule has 1 unspecified atom stereocenters. The maximum absolute atomic E-state index is 13.7. The van der Waals surface area contributed by atoms with Crippen LogP contribution in [-0.4, -0.2) is 5.78 Å². The number of ketones is 1. The fourth-order valence-electron chi connectivity index (χ4n) is 2.12. The second kappa shape index (κ2) is 7.73. The van der Waals surface area contributed by atoms with Crippen molar-refractivity contribution in [2.45, 2.75) is 46.0 Å². The van der Waals surface area contributed by atoms with Gasteiger partial charge in [-0.2, -0.15) is 0 Å². The standard InChI is InChI=1S/C15H19BrF2O/c1-3-5-6-10(4-2)7-14(19)15-12(17)8-11(16)9-13(15)18/h8-10H,3-7H2,1-2H3. The van der Waals surface area contributed by atoms with Crippen molar-refractivity contribution < 1.29 is 13.6 Å². The molecule has 0 aliphatic rings. The molecule has 1 atom stereocenters. The molecule has 0 radical (unpaired) electrons. The van der Waals surface area contributed by atoms with Gasteiger partial charge in [-0.3, -0.25) is 4.79 Å². The highest BCUT2D eigenvalue weighted by Crippen LogP contribution is 2.24. The van der Waals surface area contributed by atoms with Gasteiger partial charge in [-0.15, -0.1) is 0 Å². The third-order valence-corrected chi connectivity index (χ3v) is 3.76. The summed E-state index contributed by atoms with van der Waals surface area (Å²) in [5.41, 5.74) is -0.404. The van der Waals surface area contributed by atoms with Crippen molar-refractivity contribution in [2.24, 2.45) is 5.92 Å². The SMILES string of the molecule is CCCCC(CC)CC(=O)c1c(F)cc(Br)cc1F. The van der Waals surface area contributed by atoms with Gasteiger partial charge in [0.1, 0.15) is 11.6 Å². The van der Waals surface area contributed by atoms with Gasteiger partial charge in [0.05, 0.1) is 5.56 Å². The quantitative estimate of drug-likeness (QED) is 0.601. The fraction of sp³-hybridized carbons (Fsp3) is 0.533. The molecular weight excluding hydrogens is 314 g/mol. The number of carbonyl (C=O) groups is 1. The lowest BCUT2D eigenvalue weighted by atomic mass is 9.91. The molecule has 1 aromatic rings. The average molecular weight is 333 g/mol. The number of carbonyl (C=O) groups excluding carboxylic acids is 1. The number of benzene rings is 1. The van der Waals surface area contributed by atoms with E-state index in [1.165, 1.54) is 0 Å². The zero-order valence-corrected chi connectivity index (χ0v) is 12.9. The van der Waals surface area contributed by atoms with Crippen molar-refractivity contribution >= 4 is 21.7 Å². The summed E-state index contributed by atoms with van der Waals surface area (Å²) in [5.74, 6) is -1.82. The molecule has 0 bridgehead atoms. The Morgan fingerprint density at radius 1 is 1.26 bits per heavy atom. The highest BCUT2D eigenvalue weighted by Gasteiger charge is 2.21. The van der Waals surface area contributed by atoms with Crippen LogP contribution in [0.4, 0.5) is 8.78 Å². The van der Waals surface area contributed by atoms with Crippen LogP contribution in [0.1, 0.15) is 56.3 Å². The molecule has 0 aromatic heterocycles. The van der Waals surface area contributed by atoms with Crippen molar-refractivity contribution in [3.63, 3.8) is 0 Å². The van der Waals surface area contributed by atoms with Crippen LogP contribution in [0.3, 0.4) is 0 Å². The van der Waals surface area contributed by atoms with E-state index in [4.69, 9.17) is 0 Å². The van der Waals surface area contributed by atoms with Gasteiger partial charge < -0.3 is 0 Å². The van der Waals surface area contributed by atoms with Crippen LogP contribution in [0.25, 0.3) is 0 Å². The van der Waals surface area contributed by atoms with Crippen molar-refractivity contribution in [3.05, 3.63) is 33.8 Å². The summed E-state index contributed by atoms with van der Waals surface area (Å²) in [4.78, 5) is 12.0. The van der Waals surface area contributed by atoms with Gasteiger partial charge in [-0.1, -0.05) is 55.5 Å². The molecule has 0 saturated heterocycles. The minimum absolute atomic E-state index is 0.204. The Hall–Kier alpha value is -0.770. The van der Waals surface area contributed by atoms with E-state index in [0.717, 1.165) is 37.8 Å². The summed E-state index contributed by atoms with van der Waals surface area (Å²) in [7, 11) is 0. The van der Waals surface area contributed by atoms with Crippen molar-refractivity contribution in [1.29, 1.82) is 0 Å². The van der Waals surface area contributed by atoms with Gasteiger partial charge in [-0.25, -0.2) is 8.78 Å². The zero-order chi connectivity index (χ0) is 14.4. The molecule has 0 saturated carbocycles. The van der Waals surface area contributed by atoms with Gasteiger partial charge in [0, 0.05) is 10.9 Å². The molecule has 0 spiro atoms. The molecule has 0 N–H and O–H groups in total. The van der Waals surface area contributed by atoms with E-state index in [9.17, 15) is 13.6 Å². The number of halogens is 3. The molecule has 4 heteroatoms. The van der Waals surface area contributed by atoms with E-state index < -0.39 is 23.0 Å². The first-order chi connectivity index (χ1) is 8.99. The summed E-state index contributed by atoms with van der Waals surface area (Å²) < 4.78 is 27.7. The summed E-state index contributed by atoms with van der Waals surface area (Å²) >= 11 is 3.00. The van der Waals surface area contributed by atoms with Crippen LogP contribution in [-0.2, 0) is 0 Å². The second-order valence-corrected chi connectivity index (χ2v) is 5.70. The smallest absolute Gasteiger partial charge is 0.169 e. The molecule has 0 fully saturated rings. The van der Waals surface area contributed by atoms with Crippen LogP contribution < -0.4 is 0 Å². The molecule has 0 aliphatic heterocycles. The molecular formula is C15H19BrF2O. The van der Waals surface area contributed by atoms with Gasteiger partial charge >= 0.3 is 0 Å². The van der Waals surface area contributed by atoms with Gasteiger partial charge in [0.2, 0.25) is 0 Å². The highest BCUT2D eigenvalue weighted by atomic mass is 79.9. The number of hydrogen-bond acceptors (Lipinski definition) is 1. The molecule has 1 nitrogen and oxygen atoms in total. The first kappa shape index (κ1) is 16.3. The molecule has 106 valence electrons. The van der Waals surface area contributed by atoms with Gasteiger partial charge in [0.15, 0.2) is 5.78 Å². The van der Waals surface area contributed by atoms with Gasteiger partial charge in [-0.05, 0) is 18.1 Å². The zero-order valence-electron chi connectivity index (χ0n) is 11.3. The average Bonchev–Trinajstić information content (AvgIpc) is 2.33. The summed E-state index contributed by atoms with van der Waals surface area (Å²) in [6.45, 7) is 4.09. The van der Waals surface area contributed by atoms with Crippen LogP contribution >= 0.6 is 15.9 Å². The van der Waals surface area contributed by atoms with E-state index in [1.54, 1.807) is 0 Å². The van der Waals surface area contributed by atoms with E-state index in [0.29, 0.717) is 4.47 Å². The Balaban J connectivity index is 2.83. The lowest BCUT2D eigenvalue weighted by Crippen LogP contribution is -2.12. The lowest BCUT2D eigenvalue weighted by molar-refractivity contribution is 0.0948. The van der Waals surface area contributed by atoms with Crippen molar-refractivity contribution in [1.82, 2.24) is 0 Å². The van der Waals surface area contributed by atoms with E-state index in [-0.39, 0.29) is 12.3 Å². The Labute approximate surface area is 121 Å². The van der Waals surface area contributed by atoms with Crippen LogP contribution in [0.5, 0.6) is 0 Å². The number of rotatable bonds is 7. The molecule has 0 heterocycles. The first-order valence-corrected chi connectivity index (χ1v) is 7.46. The monoisotopic (exact) mass is 332 g/mol. The van der Waals surface area contributed by atoms with Crippen LogP contribution in [0, 0.1) is 17.6 Å². The Kier molecular flexibility index (Phi) is 6.63. The molecule has 0 aliphatic carbocycles. The Morgan fingerprint density at radius 2 is 1.84 bits per heavy atom. The van der Waals surface area contributed by atoms with Crippen LogP contribution in [0.15, 0.2) is 16.6 Å². The van der Waals surface area contributed by atoms with Gasteiger partial charge in [0.25, 0.3) is 0 Å². The van der Waals surface area contributed by atoms with E-state index in [1.807, 2.05) is 6.92 Å². The first-order valence-electron chi connectivity index (χ1n) is 6.67. The normalized spacial score (nSPS) is 12.5. The topological polar surface area (TPSA) is 17.1 Å². The van der Waals surface area contributed by atoms with E-state index >= 15 is 0 Å². The summed E-state index contributed by atoms with van der Waals surface area (Å²) in [5, 5.41) is 0. The lowest BCUT2D eigenvalue weighted by Gasteiger charge is -2.14. The fourth-order valence-corrected chi connectivity index (χ4v) is 2.52. The largest absolute Gasteiger partial charge is 0.294 e. The predicted molar refractivity (Wildman–Crippen MR) is 76.3 cm³/mol. The summed E-state index contributed by atoms with van der Waals surface area (Å²) in [6.07, 6.45) is 4.10. The molecule has 1 aromatic carbocycles. The van der Waals surface area contributed by atoms with E-state index in [2.05, 4.69) is 22.9 Å². The maximum Gasteiger partial charge on any atom is 0.169 e. The number of hydrogen-bond donors (Lipinski definition) is 0. The third-order valence-electron chi connectivity index (χ3n) is 3.30. The minimum Gasteiger partial charge on any atom is -0.294 e. The molecule has 19 heavy (non-hydrogen) atoms. The minimum atomic E-state index is -0.790. The third kappa shape index (κ3) is 4.68. The second-order valence-electron chi connectivity index (χ2n) is 4.79. The predicted octanol–water partition coefficient (Wildman–Crippen LogP) is 5.52.